The molecule has 2 heteroatoms. The Kier molecular flexibility index (Phi) is 1.32. The number of benzene rings is 1. The van der Waals surface area contributed by atoms with E-state index in [4.69, 9.17) is 0 Å². The van der Waals surface area contributed by atoms with Gasteiger partial charge in [-0.1, -0.05) is 30.3 Å². The van der Waals surface area contributed by atoms with Crippen LogP contribution in [-0.4, -0.2) is 18.0 Å². The van der Waals surface area contributed by atoms with Crippen molar-refractivity contribution in [2.75, 3.05) is 0 Å². The average molecular weight is 145 g/mol. The van der Waals surface area contributed by atoms with Gasteiger partial charge in [0.1, 0.15) is 6.04 Å². The zero-order valence-corrected chi connectivity index (χ0v) is 5.90. The predicted octanol–water partition coefficient (Wildman–Crippen LogP) is 1.32. The Bertz CT molecular complexity index is 297. The van der Waals surface area contributed by atoms with Crippen molar-refractivity contribution in [2.24, 2.45) is 4.99 Å². The standard InChI is InChI=1S/C9H7NO/c11-9(8-6-10-8)7-4-2-1-3-5-7/h1-6,8H. The molecule has 1 atom stereocenters. The molecule has 2 rings (SSSR count). The number of carbonyl (C=O) groups is 1. The maximum absolute atomic E-state index is 11.3. The lowest BCUT2D eigenvalue weighted by atomic mass is 10.1. The summed E-state index contributed by atoms with van der Waals surface area (Å²) in [4.78, 5) is 15.1. The van der Waals surface area contributed by atoms with Crippen LogP contribution in [0.3, 0.4) is 0 Å². The normalized spacial score (nSPS) is 19.8. The first kappa shape index (κ1) is 6.28. The van der Waals surface area contributed by atoms with E-state index in [1.54, 1.807) is 6.21 Å². The van der Waals surface area contributed by atoms with Crippen molar-refractivity contribution in [1.29, 1.82) is 0 Å². The van der Waals surface area contributed by atoms with Gasteiger partial charge in [-0.15, -0.1) is 0 Å². The average Bonchev–Trinajstić information content (AvgIpc) is 2.87. The number of nitrogens with zero attached hydrogens (tertiary/aromatic N) is 1. The van der Waals surface area contributed by atoms with Crippen molar-refractivity contribution >= 4 is 12.0 Å². The molecule has 0 aromatic heterocycles. The molecule has 0 spiro atoms. The summed E-state index contributed by atoms with van der Waals surface area (Å²) in [6.45, 7) is 0. The molecule has 1 aliphatic rings. The molecule has 11 heavy (non-hydrogen) atoms. The van der Waals surface area contributed by atoms with E-state index in [-0.39, 0.29) is 11.8 Å². The monoisotopic (exact) mass is 145 g/mol. The molecule has 1 aromatic rings. The van der Waals surface area contributed by atoms with Crippen LogP contribution in [-0.2, 0) is 0 Å². The molecule has 0 saturated carbocycles. The molecule has 0 aliphatic carbocycles. The summed E-state index contributed by atoms with van der Waals surface area (Å²) in [5.41, 5.74) is 0.745. The van der Waals surface area contributed by atoms with Gasteiger partial charge in [0, 0.05) is 11.8 Å². The summed E-state index contributed by atoms with van der Waals surface area (Å²) < 4.78 is 0. The third kappa shape index (κ3) is 1.19. The maximum Gasteiger partial charge on any atom is 0.192 e. The van der Waals surface area contributed by atoms with E-state index in [9.17, 15) is 4.79 Å². The first-order valence-electron chi connectivity index (χ1n) is 3.50. The number of rotatable bonds is 2. The number of carbonyl (C=O) groups excluding carboxylic acids is 1. The highest BCUT2D eigenvalue weighted by atomic mass is 16.1. The summed E-state index contributed by atoms with van der Waals surface area (Å²) in [6.07, 6.45) is 1.66. The Morgan fingerprint density at radius 3 is 2.45 bits per heavy atom. The highest BCUT2D eigenvalue weighted by Gasteiger charge is 2.23. The number of hydrogen-bond donors (Lipinski definition) is 0. The lowest BCUT2D eigenvalue weighted by Gasteiger charge is -1.94. The Hall–Kier alpha value is -1.44. The lowest BCUT2D eigenvalue weighted by Crippen LogP contribution is -2.07. The van der Waals surface area contributed by atoms with Gasteiger partial charge in [0.05, 0.1) is 0 Å². The second-order valence-electron chi connectivity index (χ2n) is 2.47. The van der Waals surface area contributed by atoms with Gasteiger partial charge in [0.15, 0.2) is 5.78 Å². The number of ketones is 1. The second kappa shape index (κ2) is 2.31. The molecule has 0 amide bonds. The third-order valence-corrected chi connectivity index (χ3v) is 1.63. The number of Topliss-reactive ketones (excluding diaryl/α,β-unsaturated/α-hetero) is 1. The molecule has 0 radical (unpaired) electrons. The molecule has 1 aromatic carbocycles. The van der Waals surface area contributed by atoms with Gasteiger partial charge < -0.3 is 0 Å². The summed E-state index contributed by atoms with van der Waals surface area (Å²) in [5, 5.41) is 0. The minimum Gasteiger partial charge on any atom is -0.291 e. The summed E-state index contributed by atoms with van der Waals surface area (Å²) in [7, 11) is 0. The second-order valence-corrected chi connectivity index (χ2v) is 2.47. The molecule has 2 nitrogen and oxygen atoms in total. The predicted molar refractivity (Wildman–Crippen MR) is 43.1 cm³/mol. The minimum absolute atomic E-state index is 0.102. The zero-order chi connectivity index (χ0) is 7.68. The third-order valence-electron chi connectivity index (χ3n) is 1.63. The van der Waals surface area contributed by atoms with Crippen LogP contribution in [0.1, 0.15) is 10.4 Å². The van der Waals surface area contributed by atoms with E-state index in [1.807, 2.05) is 30.3 Å². The molecule has 0 bridgehead atoms. The van der Waals surface area contributed by atoms with Crippen molar-refractivity contribution in [1.82, 2.24) is 0 Å². The Morgan fingerprint density at radius 1 is 1.27 bits per heavy atom. The number of hydrogen-bond acceptors (Lipinski definition) is 2. The topological polar surface area (TPSA) is 29.4 Å². The highest BCUT2D eigenvalue weighted by Crippen LogP contribution is 2.10. The zero-order valence-electron chi connectivity index (χ0n) is 5.90. The summed E-state index contributed by atoms with van der Waals surface area (Å²) >= 11 is 0. The van der Waals surface area contributed by atoms with Crippen molar-refractivity contribution < 1.29 is 4.79 Å². The van der Waals surface area contributed by atoms with Crippen LogP contribution in [0.4, 0.5) is 0 Å². The molecule has 1 aliphatic heterocycles. The van der Waals surface area contributed by atoms with E-state index >= 15 is 0 Å². The van der Waals surface area contributed by atoms with Gasteiger partial charge in [0.2, 0.25) is 0 Å². The molecular weight excluding hydrogens is 138 g/mol. The quantitative estimate of drug-likeness (QED) is 0.577. The molecular formula is C9H7NO. The van der Waals surface area contributed by atoms with Crippen LogP contribution >= 0.6 is 0 Å². The fraction of sp³-hybridized carbons (Fsp3) is 0.111. The highest BCUT2D eigenvalue weighted by molar-refractivity contribution is 6.15. The van der Waals surface area contributed by atoms with Gasteiger partial charge in [0.25, 0.3) is 0 Å². The molecule has 0 saturated heterocycles. The molecule has 1 heterocycles. The van der Waals surface area contributed by atoms with E-state index in [0.29, 0.717) is 0 Å². The van der Waals surface area contributed by atoms with Crippen molar-refractivity contribution in [3.63, 3.8) is 0 Å². The molecule has 0 fully saturated rings. The van der Waals surface area contributed by atoms with Crippen LogP contribution in [0.25, 0.3) is 0 Å². The summed E-state index contributed by atoms with van der Waals surface area (Å²) in [5.74, 6) is 0.102. The van der Waals surface area contributed by atoms with Gasteiger partial charge in [-0.2, -0.15) is 0 Å². The van der Waals surface area contributed by atoms with Crippen molar-refractivity contribution in [3.8, 4) is 0 Å². The van der Waals surface area contributed by atoms with E-state index in [2.05, 4.69) is 4.99 Å². The van der Waals surface area contributed by atoms with Crippen molar-refractivity contribution in [2.45, 2.75) is 6.04 Å². The Labute approximate surface area is 64.6 Å². The molecule has 54 valence electrons. The Balaban J connectivity index is 2.22. The first-order valence-corrected chi connectivity index (χ1v) is 3.50. The van der Waals surface area contributed by atoms with Gasteiger partial charge in [-0.05, 0) is 0 Å². The van der Waals surface area contributed by atoms with Gasteiger partial charge in [-0.25, -0.2) is 0 Å². The molecule has 1 unspecified atom stereocenters. The SMILES string of the molecule is O=C(c1ccccc1)C1C=N1. The van der Waals surface area contributed by atoms with Crippen molar-refractivity contribution in [3.05, 3.63) is 35.9 Å². The minimum atomic E-state index is -0.155. The lowest BCUT2D eigenvalue weighted by molar-refractivity contribution is 0.0995. The smallest absolute Gasteiger partial charge is 0.192 e. The van der Waals surface area contributed by atoms with Crippen LogP contribution in [0.15, 0.2) is 35.3 Å². The van der Waals surface area contributed by atoms with Gasteiger partial charge in [-0.3, -0.25) is 9.79 Å². The van der Waals surface area contributed by atoms with E-state index in [1.165, 1.54) is 0 Å². The fourth-order valence-corrected chi connectivity index (χ4v) is 0.952. The van der Waals surface area contributed by atoms with Gasteiger partial charge >= 0.3 is 0 Å². The Morgan fingerprint density at radius 2 is 1.91 bits per heavy atom. The first-order chi connectivity index (χ1) is 5.38. The summed E-state index contributed by atoms with van der Waals surface area (Å²) in [6, 6.07) is 9.07. The largest absolute Gasteiger partial charge is 0.291 e. The van der Waals surface area contributed by atoms with E-state index in [0.717, 1.165) is 5.56 Å². The fourth-order valence-electron chi connectivity index (χ4n) is 0.952. The van der Waals surface area contributed by atoms with Crippen LogP contribution in [0, 0.1) is 0 Å². The van der Waals surface area contributed by atoms with E-state index < -0.39 is 0 Å². The van der Waals surface area contributed by atoms with Crippen LogP contribution in [0.2, 0.25) is 0 Å². The number of aliphatic imine (C=N–C) groups is 1. The molecule has 0 N–H and O–H groups in total. The van der Waals surface area contributed by atoms with Crippen LogP contribution < -0.4 is 0 Å². The maximum atomic E-state index is 11.3. The van der Waals surface area contributed by atoms with Crippen LogP contribution in [0.5, 0.6) is 0 Å².